The summed E-state index contributed by atoms with van der Waals surface area (Å²) >= 11 is 0. The van der Waals surface area contributed by atoms with Gasteiger partial charge in [0.2, 0.25) is 5.91 Å². The first-order valence-electron chi connectivity index (χ1n) is 7.58. The molecule has 0 bridgehead atoms. The normalized spacial score (nSPS) is 13.2. The van der Waals surface area contributed by atoms with E-state index < -0.39 is 11.7 Å². The fraction of sp³-hybridized carbons (Fsp3) is 0.222. The van der Waals surface area contributed by atoms with Gasteiger partial charge in [0.25, 0.3) is 5.91 Å². The summed E-state index contributed by atoms with van der Waals surface area (Å²) in [6.07, 6.45) is 1.89. The lowest BCUT2D eigenvalue weighted by molar-refractivity contribution is -0.116. The molecule has 2 amide bonds. The highest BCUT2D eigenvalue weighted by Crippen LogP contribution is 2.23. The summed E-state index contributed by atoms with van der Waals surface area (Å²) < 4.78 is 13.5. The van der Waals surface area contributed by atoms with Gasteiger partial charge in [0.05, 0.1) is 5.56 Å². The second-order valence-corrected chi connectivity index (χ2v) is 5.53. The number of rotatable bonds is 4. The van der Waals surface area contributed by atoms with Gasteiger partial charge in [0.15, 0.2) is 0 Å². The van der Waals surface area contributed by atoms with Gasteiger partial charge in [-0.25, -0.2) is 4.39 Å². The van der Waals surface area contributed by atoms with E-state index in [2.05, 4.69) is 10.6 Å². The van der Waals surface area contributed by atoms with Crippen LogP contribution in [0.2, 0.25) is 0 Å². The number of nitrogens with one attached hydrogen (secondary N) is 2. The Labute approximate surface area is 133 Å². The van der Waals surface area contributed by atoms with Gasteiger partial charge in [-0.3, -0.25) is 9.59 Å². The van der Waals surface area contributed by atoms with Gasteiger partial charge in [-0.2, -0.15) is 0 Å². The minimum absolute atomic E-state index is 0.0439. The molecule has 0 radical (unpaired) electrons. The number of halogens is 1. The highest BCUT2D eigenvalue weighted by molar-refractivity contribution is 5.94. The molecule has 2 N–H and O–H groups in total. The van der Waals surface area contributed by atoms with Crippen LogP contribution in [0.3, 0.4) is 0 Å². The largest absolute Gasteiger partial charge is 0.352 e. The van der Waals surface area contributed by atoms with Gasteiger partial charge in [0.1, 0.15) is 5.82 Å². The fourth-order valence-corrected chi connectivity index (χ4v) is 2.65. The van der Waals surface area contributed by atoms with E-state index in [-0.39, 0.29) is 11.5 Å². The monoisotopic (exact) mass is 312 g/mol. The van der Waals surface area contributed by atoms with Crippen molar-refractivity contribution in [2.24, 2.45) is 0 Å². The first kappa shape index (κ1) is 15.2. The molecule has 0 fully saturated rings. The lowest BCUT2D eigenvalue weighted by Crippen LogP contribution is -2.26. The van der Waals surface area contributed by atoms with Crippen LogP contribution < -0.4 is 10.6 Å². The summed E-state index contributed by atoms with van der Waals surface area (Å²) in [5.41, 5.74) is 3.11. The van der Waals surface area contributed by atoms with Crippen molar-refractivity contribution in [3.05, 3.63) is 65.0 Å². The van der Waals surface area contributed by atoms with E-state index in [0.717, 1.165) is 23.2 Å². The number of aryl methyl sites for hydroxylation is 1. The molecule has 0 saturated heterocycles. The van der Waals surface area contributed by atoms with Crippen LogP contribution >= 0.6 is 0 Å². The Morgan fingerprint density at radius 2 is 2.00 bits per heavy atom. The Bertz CT molecular complexity index is 758. The molecular weight excluding hydrogens is 295 g/mol. The van der Waals surface area contributed by atoms with Crippen LogP contribution in [-0.4, -0.2) is 18.4 Å². The molecule has 0 atom stereocenters. The van der Waals surface area contributed by atoms with Gasteiger partial charge < -0.3 is 10.6 Å². The average Bonchev–Trinajstić information content (AvgIpc) is 2.55. The maximum absolute atomic E-state index is 13.5. The van der Waals surface area contributed by atoms with Crippen molar-refractivity contribution >= 4 is 17.5 Å². The van der Waals surface area contributed by atoms with E-state index in [1.165, 1.54) is 12.1 Å². The quantitative estimate of drug-likeness (QED) is 0.912. The number of amides is 2. The summed E-state index contributed by atoms with van der Waals surface area (Å²) in [5.74, 6) is -0.884. The second-order valence-electron chi connectivity index (χ2n) is 5.53. The molecular formula is C18H17FN2O2. The Morgan fingerprint density at radius 1 is 1.17 bits per heavy atom. The second kappa shape index (κ2) is 6.60. The molecule has 2 aromatic carbocycles. The molecule has 4 nitrogen and oxygen atoms in total. The molecule has 1 aliphatic heterocycles. The SMILES string of the molecule is O=C1CCc2cc(CCNC(=O)c3ccccc3F)ccc2N1. The Balaban J connectivity index is 1.58. The number of hydrogen-bond donors (Lipinski definition) is 2. The van der Waals surface area contributed by atoms with E-state index in [1.807, 2.05) is 18.2 Å². The van der Waals surface area contributed by atoms with Crippen molar-refractivity contribution < 1.29 is 14.0 Å². The predicted octanol–water partition coefficient (Wildman–Crippen LogP) is 2.68. The third-order valence-electron chi connectivity index (χ3n) is 3.88. The van der Waals surface area contributed by atoms with E-state index in [0.29, 0.717) is 19.4 Å². The van der Waals surface area contributed by atoms with Crippen LogP contribution in [-0.2, 0) is 17.6 Å². The zero-order chi connectivity index (χ0) is 16.2. The molecule has 118 valence electrons. The molecule has 5 heteroatoms. The van der Waals surface area contributed by atoms with Crippen molar-refractivity contribution in [3.63, 3.8) is 0 Å². The van der Waals surface area contributed by atoms with Gasteiger partial charge in [-0.05, 0) is 42.2 Å². The third kappa shape index (κ3) is 3.56. The smallest absolute Gasteiger partial charge is 0.254 e. The van der Waals surface area contributed by atoms with E-state index in [4.69, 9.17) is 0 Å². The highest BCUT2D eigenvalue weighted by atomic mass is 19.1. The number of benzene rings is 2. The summed E-state index contributed by atoms with van der Waals surface area (Å²) in [4.78, 5) is 23.3. The van der Waals surface area contributed by atoms with Gasteiger partial charge in [-0.15, -0.1) is 0 Å². The molecule has 1 heterocycles. The van der Waals surface area contributed by atoms with Crippen LogP contribution in [0.5, 0.6) is 0 Å². The van der Waals surface area contributed by atoms with E-state index in [9.17, 15) is 14.0 Å². The summed E-state index contributed by atoms with van der Waals surface area (Å²) in [5, 5.41) is 5.57. The van der Waals surface area contributed by atoms with Crippen LogP contribution in [0, 0.1) is 5.82 Å². The molecule has 2 aromatic rings. The molecule has 23 heavy (non-hydrogen) atoms. The van der Waals surface area contributed by atoms with Gasteiger partial charge in [-0.1, -0.05) is 24.3 Å². The van der Waals surface area contributed by atoms with Gasteiger partial charge >= 0.3 is 0 Å². The highest BCUT2D eigenvalue weighted by Gasteiger charge is 2.15. The topological polar surface area (TPSA) is 58.2 Å². The van der Waals surface area contributed by atoms with E-state index >= 15 is 0 Å². The zero-order valence-electron chi connectivity index (χ0n) is 12.6. The summed E-state index contributed by atoms with van der Waals surface area (Å²) in [7, 11) is 0. The minimum Gasteiger partial charge on any atom is -0.352 e. The third-order valence-corrected chi connectivity index (χ3v) is 3.88. The van der Waals surface area contributed by atoms with Crippen LogP contribution in [0.1, 0.15) is 27.9 Å². The first-order chi connectivity index (χ1) is 11.1. The zero-order valence-corrected chi connectivity index (χ0v) is 12.6. The maximum Gasteiger partial charge on any atom is 0.254 e. The van der Waals surface area contributed by atoms with Crippen LogP contribution in [0.4, 0.5) is 10.1 Å². The van der Waals surface area contributed by atoms with Crippen LogP contribution in [0.25, 0.3) is 0 Å². The van der Waals surface area contributed by atoms with Gasteiger partial charge in [0, 0.05) is 18.7 Å². The maximum atomic E-state index is 13.5. The molecule has 0 unspecified atom stereocenters. The van der Waals surface area contributed by atoms with Crippen molar-refractivity contribution in [3.8, 4) is 0 Å². The molecule has 0 aromatic heterocycles. The molecule has 0 aliphatic carbocycles. The Kier molecular flexibility index (Phi) is 4.37. The summed E-state index contributed by atoms with van der Waals surface area (Å²) in [6.45, 7) is 0.429. The van der Waals surface area contributed by atoms with Crippen LogP contribution in [0.15, 0.2) is 42.5 Å². The Morgan fingerprint density at radius 3 is 2.83 bits per heavy atom. The lowest BCUT2D eigenvalue weighted by atomic mass is 9.99. The van der Waals surface area contributed by atoms with E-state index in [1.54, 1.807) is 12.1 Å². The first-order valence-corrected chi connectivity index (χ1v) is 7.58. The average molecular weight is 312 g/mol. The Hall–Kier alpha value is -2.69. The number of anilines is 1. The fourth-order valence-electron chi connectivity index (χ4n) is 2.65. The molecule has 0 spiro atoms. The summed E-state index contributed by atoms with van der Waals surface area (Å²) in [6, 6.07) is 11.8. The number of hydrogen-bond acceptors (Lipinski definition) is 2. The number of carbonyl (C=O) groups is 2. The standard InChI is InChI=1S/C18H17FN2O2/c19-15-4-2-1-3-14(15)18(23)20-10-9-12-5-7-16-13(11-12)6-8-17(22)21-16/h1-5,7,11H,6,8-10H2,(H,20,23)(H,21,22). The van der Waals surface area contributed by atoms with Crippen molar-refractivity contribution in [1.82, 2.24) is 5.32 Å². The van der Waals surface area contributed by atoms with Crippen molar-refractivity contribution in [2.45, 2.75) is 19.3 Å². The lowest BCUT2D eigenvalue weighted by Gasteiger charge is -2.17. The van der Waals surface area contributed by atoms with Crippen molar-refractivity contribution in [1.29, 1.82) is 0 Å². The number of fused-ring (bicyclic) bond motifs is 1. The molecule has 0 saturated carbocycles. The number of carbonyl (C=O) groups excluding carboxylic acids is 2. The predicted molar refractivity (Wildman–Crippen MR) is 85.8 cm³/mol. The minimum atomic E-state index is -0.519. The molecule has 1 aliphatic rings. The van der Waals surface area contributed by atoms with Crippen molar-refractivity contribution in [2.75, 3.05) is 11.9 Å². The molecule has 3 rings (SSSR count).